The summed E-state index contributed by atoms with van der Waals surface area (Å²) < 4.78 is 21.6. The number of hydrogen-bond acceptors (Lipinski definition) is 7. The molecule has 8 nitrogen and oxygen atoms in total. The Morgan fingerprint density at radius 3 is 2.34 bits per heavy atom. The van der Waals surface area contributed by atoms with Crippen LogP contribution in [0.5, 0.6) is 11.5 Å². The number of para-hydroxylation sites is 2. The molecule has 3 aromatic rings. The van der Waals surface area contributed by atoms with Crippen molar-refractivity contribution in [1.29, 1.82) is 0 Å². The first-order valence-electron chi connectivity index (χ1n) is 10.1. The first-order chi connectivity index (χ1) is 15.6. The summed E-state index contributed by atoms with van der Waals surface area (Å²) in [7, 11) is 0. The molecule has 0 spiro atoms. The first-order valence-corrected chi connectivity index (χ1v) is 10.1. The number of nitrogens with one attached hydrogen (secondary N) is 1. The molecule has 0 unspecified atom stereocenters. The molecule has 0 radical (unpaired) electrons. The quantitative estimate of drug-likeness (QED) is 0.292. The molecule has 0 atom stereocenters. The van der Waals surface area contributed by atoms with Gasteiger partial charge in [-0.1, -0.05) is 24.3 Å². The SMILES string of the molecule is CCOC(=O)c1ccc(-c2ccc(/C=N\NC(=O)COc3ccccc3OCC)o2)cc1. The highest BCUT2D eigenvalue weighted by atomic mass is 16.5. The zero-order valence-electron chi connectivity index (χ0n) is 17.9. The predicted octanol–water partition coefficient (Wildman–Crippen LogP) is 4.05. The second-order valence-electron chi connectivity index (χ2n) is 6.46. The lowest BCUT2D eigenvalue weighted by molar-refractivity contribution is -0.123. The van der Waals surface area contributed by atoms with Gasteiger partial charge in [-0.05, 0) is 50.2 Å². The van der Waals surface area contributed by atoms with E-state index < -0.39 is 5.91 Å². The Kier molecular flexibility index (Phi) is 8.02. The number of hydrogen-bond donors (Lipinski definition) is 1. The molecule has 32 heavy (non-hydrogen) atoms. The van der Waals surface area contributed by atoms with Crippen molar-refractivity contribution in [2.24, 2.45) is 5.10 Å². The summed E-state index contributed by atoms with van der Waals surface area (Å²) in [4.78, 5) is 23.7. The van der Waals surface area contributed by atoms with E-state index in [1.165, 1.54) is 6.21 Å². The van der Waals surface area contributed by atoms with E-state index in [0.29, 0.717) is 41.8 Å². The van der Waals surface area contributed by atoms with Gasteiger partial charge in [0.15, 0.2) is 18.1 Å². The Labute approximate surface area is 185 Å². The molecule has 0 bridgehead atoms. The molecule has 1 N–H and O–H groups in total. The molecule has 166 valence electrons. The minimum absolute atomic E-state index is 0.211. The van der Waals surface area contributed by atoms with E-state index in [0.717, 1.165) is 5.56 Å². The van der Waals surface area contributed by atoms with Gasteiger partial charge >= 0.3 is 5.97 Å². The number of hydrazone groups is 1. The highest BCUT2D eigenvalue weighted by Crippen LogP contribution is 2.26. The van der Waals surface area contributed by atoms with Gasteiger partial charge in [-0.3, -0.25) is 4.79 Å². The fraction of sp³-hybridized carbons (Fsp3) is 0.208. The third kappa shape index (κ3) is 6.21. The minimum Gasteiger partial charge on any atom is -0.490 e. The molecule has 0 fully saturated rings. The van der Waals surface area contributed by atoms with E-state index in [4.69, 9.17) is 18.6 Å². The van der Waals surface area contributed by atoms with Crippen LogP contribution in [-0.2, 0) is 9.53 Å². The van der Waals surface area contributed by atoms with Crippen LogP contribution < -0.4 is 14.9 Å². The molecule has 2 aromatic carbocycles. The molecular formula is C24H24N2O6. The third-order valence-corrected chi connectivity index (χ3v) is 4.20. The fourth-order valence-electron chi connectivity index (χ4n) is 2.75. The molecule has 8 heteroatoms. The van der Waals surface area contributed by atoms with E-state index in [9.17, 15) is 9.59 Å². The fourth-order valence-corrected chi connectivity index (χ4v) is 2.75. The van der Waals surface area contributed by atoms with Crippen molar-refractivity contribution in [3.8, 4) is 22.8 Å². The summed E-state index contributed by atoms with van der Waals surface area (Å²) in [5.41, 5.74) is 3.65. The van der Waals surface area contributed by atoms with E-state index in [1.54, 1.807) is 61.5 Å². The first kappa shape index (κ1) is 22.6. The standard InChI is InChI=1S/C24H24N2O6/c1-3-29-21-7-5-6-8-22(21)31-16-23(27)26-25-15-19-13-14-20(32-19)17-9-11-18(12-10-17)24(28)30-4-2/h5-15H,3-4,16H2,1-2H3,(H,26,27)/b25-15-. The minimum atomic E-state index is -0.422. The number of benzene rings is 2. The van der Waals surface area contributed by atoms with Crippen LogP contribution in [0, 0.1) is 0 Å². The zero-order chi connectivity index (χ0) is 22.8. The summed E-state index contributed by atoms with van der Waals surface area (Å²) >= 11 is 0. The number of amides is 1. The van der Waals surface area contributed by atoms with Gasteiger partial charge in [0.05, 0.1) is 25.0 Å². The lowest BCUT2D eigenvalue weighted by atomic mass is 10.1. The van der Waals surface area contributed by atoms with Gasteiger partial charge in [-0.25, -0.2) is 10.2 Å². The summed E-state index contributed by atoms with van der Waals surface area (Å²) in [5.74, 6) is 1.32. The number of rotatable bonds is 10. The molecule has 0 saturated carbocycles. The number of furan rings is 1. The Hall–Kier alpha value is -4.07. The van der Waals surface area contributed by atoms with E-state index in [1.807, 2.05) is 13.0 Å². The van der Waals surface area contributed by atoms with Gasteiger partial charge in [0.25, 0.3) is 5.91 Å². The monoisotopic (exact) mass is 436 g/mol. The second-order valence-corrected chi connectivity index (χ2v) is 6.46. The summed E-state index contributed by atoms with van der Waals surface area (Å²) in [6.07, 6.45) is 1.39. The molecule has 1 heterocycles. The molecule has 3 rings (SSSR count). The Balaban J connectivity index is 1.51. The number of carbonyl (C=O) groups is 2. The Morgan fingerprint density at radius 1 is 0.938 bits per heavy atom. The zero-order valence-corrected chi connectivity index (χ0v) is 17.9. The lowest BCUT2D eigenvalue weighted by Crippen LogP contribution is -2.24. The molecule has 0 aliphatic carbocycles. The van der Waals surface area contributed by atoms with Gasteiger partial charge in [0.1, 0.15) is 11.5 Å². The van der Waals surface area contributed by atoms with Crippen LogP contribution in [0.4, 0.5) is 0 Å². The van der Waals surface area contributed by atoms with Gasteiger partial charge < -0.3 is 18.6 Å². The topological polar surface area (TPSA) is 99.4 Å². The van der Waals surface area contributed by atoms with Crippen molar-refractivity contribution in [3.63, 3.8) is 0 Å². The maximum atomic E-state index is 12.0. The molecular weight excluding hydrogens is 412 g/mol. The van der Waals surface area contributed by atoms with Crippen LogP contribution in [0.3, 0.4) is 0 Å². The molecule has 1 amide bonds. The number of carbonyl (C=O) groups excluding carboxylic acids is 2. The largest absolute Gasteiger partial charge is 0.490 e. The number of esters is 1. The van der Waals surface area contributed by atoms with Crippen molar-refractivity contribution in [2.45, 2.75) is 13.8 Å². The van der Waals surface area contributed by atoms with Crippen molar-refractivity contribution in [1.82, 2.24) is 5.43 Å². The van der Waals surface area contributed by atoms with Gasteiger partial charge in [-0.15, -0.1) is 0 Å². The number of nitrogens with zero attached hydrogens (tertiary/aromatic N) is 1. The normalized spacial score (nSPS) is 10.7. The Morgan fingerprint density at radius 2 is 1.66 bits per heavy atom. The summed E-state index contributed by atoms with van der Waals surface area (Å²) in [5, 5.41) is 3.89. The van der Waals surface area contributed by atoms with E-state index in [-0.39, 0.29) is 12.6 Å². The smallest absolute Gasteiger partial charge is 0.338 e. The van der Waals surface area contributed by atoms with Crippen molar-refractivity contribution < 1.29 is 28.2 Å². The van der Waals surface area contributed by atoms with Crippen LogP contribution in [0.2, 0.25) is 0 Å². The lowest BCUT2D eigenvalue weighted by Gasteiger charge is -2.10. The Bertz CT molecular complexity index is 1070. The average molecular weight is 436 g/mol. The maximum absolute atomic E-state index is 12.0. The maximum Gasteiger partial charge on any atom is 0.338 e. The highest BCUT2D eigenvalue weighted by molar-refractivity contribution is 5.90. The number of ether oxygens (including phenoxy) is 3. The average Bonchev–Trinajstić information content (AvgIpc) is 3.28. The third-order valence-electron chi connectivity index (χ3n) is 4.20. The summed E-state index contributed by atoms with van der Waals surface area (Å²) in [6.45, 7) is 4.24. The van der Waals surface area contributed by atoms with Gasteiger partial charge in [0.2, 0.25) is 0 Å². The van der Waals surface area contributed by atoms with Crippen LogP contribution >= 0.6 is 0 Å². The molecule has 1 aromatic heterocycles. The van der Waals surface area contributed by atoms with Gasteiger partial charge in [-0.2, -0.15) is 5.10 Å². The van der Waals surface area contributed by atoms with Crippen LogP contribution in [-0.4, -0.2) is 37.9 Å². The van der Waals surface area contributed by atoms with Crippen molar-refractivity contribution in [3.05, 3.63) is 72.0 Å². The van der Waals surface area contributed by atoms with E-state index in [2.05, 4.69) is 10.5 Å². The van der Waals surface area contributed by atoms with Crippen molar-refractivity contribution >= 4 is 18.1 Å². The highest BCUT2D eigenvalue weighted by Gasteiger charge is 2.09. The van der Waals surface area contributed by atoms with E-state index >= 15 is 0 Å². The van der Waals surface area contributed by atoms with Crippen LogP contribution in [0.15, 0.2) is 70.2 Å². The van der Waals surface area contributed by atoms with Crippen LogP contribution in [0.25, 0.3) is 11.3 Å². The molecule has 0 aliphatic rings. The second kappa shape index (κ2) is 11.4. The predicted molar refractivity (Wildman–Crippen MR) is 119 cm³/mol. The molecule has 0 aliphatic heterocycles. The van der Waals surface area contributed by atoms with Crippen molar-refractivity contribution in [2.75, 3.05) is 19.8 Å². The van der Waals surface area contributed by atoms with Crippen LogP contribution in [0.1, 0.15) is 30.0 Å². The molecule has 0 saturated heterocycles. The summed E-state index contributed by atoms with van der Waals surface area (Å²) in [6, 6.07) is 17.5. The van der Waals surface area contributed by atoms with Gasteiger partial charge in [0, 0.05) is 5.56 Å².